The van der Waals surface area contributed by atoms with Gasteiger partial charge in [-0.1, -0.05) is 12.7 Å². The first kappa shape index (κ1) is 12.1. The Morgan fingerprint density at radius 2 is 2.23 bits per heavy atom. The first-order valence-corrected chi connectivity index (χ1v) is 5.11. The molecule has 0 saturated heterocycles. The highest BCUT2D eigenvalue weighted by Gasteiger charge is 2.21. The van der Waals surface area contributed by atoms with Crippen LogP contribution in [0.5, 0.6) is 0 Å². The van der Waals surface area contributed by atoms with Gasteiger partial charge in [0.25, 0.3) is 10.1 Å². The minimum atomic E-state index is -4.15. The van der Waals surface area contributed by atoms with E-state index in [0.717, 1.165) is 0 Å². The maximum atomic E-state index is 10.8. The summed E-state index contributed by atoms with van der Waals surface area (Å²) in [6.07, 6.45) is 1.02. The lowest BCUT2D eigenvalue weighted by Gasteiger charge is -2.06. The van der Waals surface area contributed by atoms with Gasteiger partial charge in [0.05, 0.1) is 11.7 Å². The Hall–Kier alpha value is -0.880. The Morgan fingerprint density at radius 1 is 1.69 bits per heavy atom. The molecule has 0 aliphatic carbocycles. The van der Waals surface area contributed by atoms with Crippen LogP contribution in [-0.2, 0) is 19.6 Å². The fourth-order valence-electron chi connectivity index (χ4n) is 0.551. The van der Waals surface area contributed by atoms with E-state index in [1.54, 1.807) is 0 Å². The van der Waals surface area contributed by atoms with Crippen molar-refractivity contribution in [2.24, 2.45) is 0 Å². The number of hydrogen-bond donors (Lipinski definition) is 1. The van der Waals surface area contributed by atoms with E-state index in [-0.39, 0.29) is 13.0 Å². The maximum absolute atomic E-state index is 10.8. The van der Waals surface area contributed by atoms with Gasteiger partial charge in [-0.3, -0.25) is 9.35 Å². The van der Waals surface area contributed by atoms with Gasteiger partial charge in [-0.05, 0) is 6.92 Å². The number of esters is 1. The summed E-state index contributed by atoms with van der Waals surface area (Å²) in [6.45, 7) is 4.58. The molecule has 0 bridgehead atoms. The van der Waals surface area contributed by atoms with Crippen molar-refractivity contribution in [1.82, 2.24) is 0 Å². The van der Waals surface area contributed by atoms with E-state index in [0.29, 0.717) is 0 Å². The molecular formula is C7H12O5S. The lowest BCUT2D eigenvalue weighted by Crippen LogP contribution is -2.21. The third-order valence-corrected chi connectivity index (χ3v) is 2.51. The van der Waals surface area contributed by atoms with Gasteiger partial charge >= 0.3 is 5.97 Å². The average molecular weight is 208 g/mol. The van der Waals surface area contributed by atoms with Crippen LogP contribution in [0, 0.1) is 0 Å². The van der Waals surface area contributed by atoms with Crippen LogP contribution >= 0.6 is 0 Å². The monoisotopic (exact) mass is 208 g/mol. The smallest absolute Gasteiger partial charge is 0.307 e. The van der Waals surface area contributed by atoms with E-state index in [1.165, 1.54) is 13.0 Å². The highest BCUT2D eigenvalue weighted by atomic mass is 32.2. The minimum Gasteiger partial charge on any atom is -0.461 e. The fraction of sp³-hybridized carbons (Fsp3) is 0.571. The van der Waals surface area contributed by atoms with Gasteiger partial charge in [0.1, 0.15) is 6.61 Å². The predicted octanol–water partition coefficient (Wildman–Crippen LogP) is 0.382. The Labute approximate surface area is 77.1 Å². The Bertz CT molecular complexity index is 279. The van der Waals surface area contributed by atoms with Crippen LogP contribution < -0.4 is 0 Å². The van der Waals surface area contributed by atoms with Crippen LogP contribution in [0.2, 0.25) is 0 Å². The Morgan fingerprint density at radius 3 is 2.62 bits per heavy atom. The van der Waals surface area contributed by atoms with Crippen LogP contribution in [0.3, 0.4) is 0 Å². The van der Waals surface area contributed by atoms with E-state index < -0.39 is 21.3 Å². The topological polar surface area (TPSA) is 80.7 Å². The van der Waals surface area contributed by atoms with Gasteiger partial charge in [-0.25, -0.2) is 0 Å². The molecule has 0 radical (unpaired) electrons. The van der Waals surface area contributed by atoms with E-state index in [2.05, 4.69) is 11.3 Å². The third-order valence-electron chi connectivity index (χ3n) is 1.32. The number of ether oxygens (including phenoxy) is 1. The predicted molar refractivity (Wildman–Crippen MR) is 46.8 cm³/mol. The average Bonchev–Trinajstić information content (AvgIpc) is 1.99. The second-order valence-electron chi connectivity index (χ2n) is 2.50. The van der Waals surface area contributed by atoms with Crippen molar-refractivity contribution >= 4 is 16.1 Å². The molecule has 0 spiro atoms. The zero-order valence-corrected chi connectivity index (χ0v) is 8.08. The first-order valence-electron chi connectivity index (χ1n) is 3.60. The minimum absolute atomic E-state index is 0.0387. The van der Waals surface area contributed by atoms with Crippen LogP contribution in [0.1, 0.15) is 13.3 Å². The highest BCUT2D eigenvalue weighted by molar-refractivity contribution is 7.86. The van der Waals surface area contributed by atoms with Crippen molar-refractivity contribution in [1.29, 1.82) is 0 Å². The first-order chi connectivity index (χ1) is 5.88. The number of hydrogen-bond acceptors (Lipinski definition) is 4. The Kier molecular flexibility index (Phi) is 4.64. The molecule has 0 aromatic rings. The van der Waals surface area contributed by atoms with Gasteiger partial charge in [0, 0.05) is 0 Å². The summed E-state index contributed by atoms with van der Waals surface area (Å²) >= 11 is 0. The van der Waals surface area contributed by atoms with Gasteiger partial charge in [0.2, 0.25) is 0 Å². The van der Waals surface area contributed by atoms with Crippen molar-refractivity contribution in [2.45, 2.75) is 18.6 Å². The summed E-state index contributed by atoms with van der Waals surface area (Å²) in [6, 6.07) is 0. The lowest BCUT2D eigenvalue weighted by molar-refractivity contribution is -0.142. The summed E-state index contributed by atoms with van der Waals surface area (Å²) < 4.78 is 34.0. The summed E-state index contributed by atoms with van der Waals surface area (Å²) in [7, 11) is -4.15. The van der Waals surface area contributed by atoms with E-state index in [4.69, 9.17) is 4.55 Å². The molecule has 0 fully saturated rings. The highest BCUT2D eigenvalue weighted by Crippen LogP contribution is 2.04. The Balaban J connectivity index is 4.00. The van der Waals surface area contributed by atoms with E-state index in [1.807, 2.05) is 0 Å². The normalized spacial score (nSPS) is 13.4. The van der Waals surface area contributed by atoms with Crippen molar-refractivity contribution in [3.8, 4) is 0 Å². The molecule has 0 aliphatic heterocycles. The molecule has 0 aromatic heterocycles. The van der Waals surface area contributed by atoms with Crippen LogP contribution in [0.25, 0.3) is 0 Å². The summed E-state index contributed by atoms with van der Waals surface area (Å²) in [5.41, 5.74) is 0. The van der Waals surface area contributed by atoms with Gasteiger partial charge in [0.15, 0.2) is 0 Å². The molecule has 5 nitrogen and oxygen atoms in total. The number of carbonyl (C=O) groups excluding carboxylic acids is 1. The fourth-order valence-corrected chi connectivity index (χ4v) is 0.898. The molecule has 0 aromatic carbocycles. The van der Waals surface area contributed by atoms with Gasteiger partial charge < -0.3 is 4.74 Å². The standard InChI is InChI=1S/C7H12O5S/c1-3-4-12-7(8)5-6(2)13(9,10)11/h3,6H,1,4-5H2,2H3,(H,9,10,11). The molecule has 6 heteroatoms. The molecule has 0 aliphatic rings. The summed E-state index contributed by atoms with van der Waals surface area (Å²) in [5.74, 6) is -0.676. The third kappa shape index (κ3) is 5.37. The SMILES string of the molecule is C=CCOC(=O)CC(C)S(=O)(=O)O. The largest absolute Gasteiger partial charge is 0.461 e. The van der Waals surface area contributed by atoms with Crippen molar-refractivity contribution < 1.29 is 22.5 Å². The van der Waals surface area contributed by atoms with Crippen LogP contribution in [0.4, 0.5) is 0 Å². The van der Waals surface area contributed by atoms with Gasteiger partial charge in [-0.15, -0.1) is 0 Å². The van der Waals surface area contributed by atoms with E-state index in [9.17, 15) is 13.2 Å². The molecule has 1 unspecified atom stereocenters. The van der Waals surface area contributed by atoms with Crippen LogP contribution in [-0.4, -0.2) is 30.8 Å². The van der Waals surface area contributed by atoms with Gasteiger partial charge in [-0.2, -0.15) is 8.42 Å². The lowest BCUT2D eigenvalue weighted by atomic mass is 10.3. The molecule has 0 saturated carbocycles. The van der Waals surface area contributed by atoms with Crippen molar-refractivity contribution in [2.75, 3.05) is 6.61 Å². The van der Waals surface area contributed by atoms with Crippen molar-refractivity contribution in [3.05, 3.63) is 12.7 Å². The molecule has 13 heavy (non-hydrogen) atoms. The van der Waals surface area contributed by atoms with E-state index >= 15 is 0 Å². The van der Waals surface area contributed by atoms with Crippen LogP contribution in [0.15, 0.2) is 12.7 Å². The maximum Gasteiger partial charge on any atom is 0.307 e. The number of carbonyl (C=O) groups is 1. The zero-order chi connectivity index (χ0) is 10.5. The molecule has 0 heterocycles. The quantitative estimate of drug-likeness (QED) is 0.401. The summed E-state index contributed by atoms with van der Waals surface area (Å²) in [4.78, 5) is 10.8. The molecular weight excluding hydrogens is 196 g/mol. The summed E-state index contributed by atoms with van der Waals surface area (Å²) in [5, 5.41) is -1.13. The molecule has 1 atom stereocenters. The van der Waals surface area contributed by atoms with Crippen molar-refractivity contribution in [3.63, 3.8) is 0 Å². The molecule has 76 valence electrons. The molecule has 0 amide bonds. The second-order valence-corrected chi connectivity index (χ2v) is 4.34. The second kappa shape index (κ2) is 4.98. The zero-order valence-electron chi connectivity index (χ0n) is 7.26. The molecule has 1 N–H and O–H groups in total. The number of rotatable bonds is 5. The molecule has 0 rings (SSSR count).